The average Bonchev–Trinajstić information content (AvgIpc) is 2.83. The molecule has 0 bridgehead atoms. The normalized spacial score (nSPS) is 10.3. The number of carbonyl (C=O) groups excluding carboxylic acids is 1. The fraction of sp³-hybridized carbons (Fsp3) is 0.214. The molecule has 2 aromatic rings. The van der Waals surface area contributed by atoms with Gasteiger partial charge in [0.1, 0.15) is 0 Å². The Hall–Kier alpha value is -1.05. The standard InChI is InChI=1S/C14H13Br2NO3S/c1-19-10-5-3-4-8(12(10)20-2)7-17-14(18)11-6-9(15)13(16)21-11/h3-6H,7H2,1-2H3,(H,17,18). The number of ether oxygens (including phenoxy) is 2. The SMILES string of the molecule is COc1cccc(CNC(=O)c2cc(Br)c(Br)s2)c1OC. The number of carbonyl (C=O) groups is 1. The van der Waals surface area contributed by atoms with Gasteiger partial charge in [-0.05, 0) is 44.0 Å². The van der Waals surface area contributed by atoms with Crippen LogP contribution in [0.1, 0.15) is 15.2 Å². The summed E-state index contributed by atoms with van der Waals surface area (Å²) in [6.07, 6.45) is 0. The molecule has 0 radical (unpaired) electrons. The van der Waals surface area contributed by atoms with E-state index in [9.17, 15) is 4.79 Å². The molecule has 0 fully saturated rings. The summed E-state index contributed by atoms with van der Waals surface area (Å²) in [5, 5.41) is 2.88. The van der Waals surface area contributed by atoms with Crippen molar-refractivity contribution in [2.24, 2.45) is 0 Å². The molecule has 1 aromatic heterocycles. The number of nitrogens with one attached hydrogen (secondary N) is 1. The minimum atomic E-state index is -0.128. The number of thiophene rings is 1. The maximum atomic E-state index is 12.1. The number of halogens is 2. The van der Waals surface area contributed by atoms with Gasteiger partial charge < -0.3 is 14.8 Å². The van der Waals surface area contributed by atoms with Gasteiger partial charge in [-0.25, -0.2) is 0 Å². The molecule has 1 N–H and O–H groups in total. The Morgan fingerprint density at radius 3 is 2.62 bits per heavy atom. The van der Waals surface area contributed by atoms with Crippen molar-refractivity contribution >= 4 is 49.1 Å². The van der Waals surface area contributed by atoms with Crippen molar-refractivity contribution < 1.29 is 14.3 Å². The van der Waals surface area contributed by atoms with Crippen molar-refractivity contribution in [1.82, 2.24) is 5.32 Å². The van der Waals surface area contributed by atoms with Crippen molar-refractivity contribution in [3.05, 3.63) is 43.0 Å². The summed E-state index contributed by atoms with van der Waals surface area (Å²) in [7, 11) is 3.16. The van der Waals surface area contributed by atoms with Gasteiger partial charge in [-0.3, -0.25) is 4.79 Å². The van der Waals surface area contributed by atoms with Crippen LogP contribution in [0.4, 0.5) is 0 Å². The second-order valence-corrected chi connectivity index (χ2v) is 7.29. The Morgan fingerprint density at radius 1 is 1.29 bits per heavy atom. The molecule has 0 spiro atoms. The molecule has 1 amide bonds. The van der Waals surface area contributed by atoms with Crippen LogP contribution in [0.3, 0.4) is 0 Å². The van der Waals surface area contributed by atoms with Gasteiger partial charge in [0.15, 0.2) is 11.5 Å². The zero-order valence-electron chi connectivity index (χ0n) is 11.4. The van der Waals surface area contributed by atoms with Gasteiger partial charge in [-0.15, -0.1) is 11.3 Å². The van der Waals surface area contributed by atoms with E-state index in [-0.39, 0.29) is 5.91 Å². The number of para-hydroxylation sites is 1. The Bertz CT molecular complexity index is 638. The van der Waals surface area contributed by atoms with Crippen molar-refractivity contribution in [2.45, 2.75) is 6.54 Å². The summed E-state index contributed by atoms with van der Waals surface area (Å²) in [4.78, 5) is 12.8. The van der Waals surface area contributed by atoms with E-state index in [0.29, 0.717) is 22.9 Å². The second-order valence-electron chi connectivity index (χ2n) is 4.07. The maximum absolute atomic E-state index is 12.1. The number of amides is 1. The number of hydrogen-bond acceptors (Lipinski definition) is 4. The molecule has 4 nitrogen and oxygen atoms in total. The third kappa shape index (κ3) is 3.78. The minimum Gasteiger partial charge on any atom is -0.493 e. The zero-order valence-corrected chi connectivity index (χ0v) is 15.4. The Morgan fingerprint density at radius 2 is 2.05 bits per heavy atom. The fourth-order valence-electron chi connectivity index (χ4n) is 1.81. The first-order valence-electron chi connectivity index (χ1n) is 5.99. The van der Waals surface area contributed by atoms with E-state index in [1.807, 2.05) is 18.2 Å². The zero-order chi connectivity index (χ0) is 15.4. The van der Waals surface area contributed by atoms with Gasteiger partial charge in [0.25, 0.3) is 5.91 Å². The van der Waals surface area contributed by atoms with Crippen molar-refractivity contribution in [3.63, 3.8) is 0 Å². The van der Waals surface area contributed by atoms with Crippen molar-refractivity contribution in [2.75, 3.05) is 14.2 Å². The average molecular weight is 435 g/mol. The highest BCUT2D eigenvalue weighted by atomic mass is 79.9. The largest absolute Gasteiger partial charge is 0.493 e. The number of benzene rings is 1. The van der Waals surface area contributed by atoms with Crippen LogP contribution in [0.15, 0.2) is 32.5 Å². The topological polar surface area (TPSA) is 47.6 Å². The molecule has 7 heteroatoms. The molecule has 0 aliphatic carbocycles. The first-order valence-corrected chi connectivity index (χ1v) is 8.40. The molecule has 0 aliphatic rings. The lowest BCUT2D eigenvalue weighted by molar-refractivity contribution is 0.0954. The summed E-state index contributed by atoms with van der Waals surface area (Å²) >= 11 is 8.12. The highest BCUT2D eigenvalue weighted by Gasteiger charge is 2.14. The van der Waals surface area contributed by atoms with Crippen LogP contribution in [0.5, 0.6) is 11.5 Å². The van der Waals surface area contributed by atoms with Crippen LogP contribution in [0, 0.1) is 0 Å². The maximum Gasteiger partial charge on any atom is 0.261 e. The Kier molecular flexibility index (Phi) is 5.66. The predicted molar refractivity (Wildman–Crippen MR) is 90.4 cm³/mol. The van der Waals surface area contributed by atoms with E-state index in [1.54, 1.807) is 20.3 Å². The van der Waals surface area contributed by atoms with Gasteiger partial charge in [0.05, 0.1) is 22.9 Å². The highest BCUT2D eigenvalue weighted by Crippen LogP contribution is 2.33. The van der Waals surface area contributed by atoms with E-state index in [2.05, 4.69) is 37.2 Å². The molecule has 1 aromatic carbocycles. The fourth-order valence-corrected chi connectivity index (χ4v) is 3.77. The van der Waals surface area contributed by atoms with E-state index in [1.165, 1.54) is 11.3 Å². The smallest absolute Gasteiger partial charge is 0.261 e. The van der Waals surface area contributed by atoms with Gasteiger partial charge in [-0.2, -0.15) is 0 Å². The van der Waals surface area contributed by atoms with Crippen molar-refractivity contribution in [1.29, 1.82) is 0 Å². The minimum absolute atomic E-state index is 0.128. The van der Waals surface area contributed by atoms with Gasteiger partial charge in [0, 0.05) is 16.6 Å². The van der Waals surface area contributed by atoms with Crippen LogP contribution in [-0.2, 0) is 6.54 Å². The summed E-state index contributed by atoms with van der Waals surface area (Å²) in [5.74, 6) is 1.15. The van der Waals surface area contributed by atoms with E-state index in [4.69, 9.17) is 9.47 Å². The lowest BCUT2D eigenvalue weighted by Gasteiger charge is -2.12. The lowest BCUT2D eigenvalue weighted by Crippen LogP contribution is -2.22. The predicted octanol–water partition coefficient (Wildman–Crippen LogP) is 4.22. The first-order chi connectivity index (χ1) is 10.1. The summed E-state index contributed by atoms with van der Waals surface area (Å²) < 4.78 is 12.3. The number of methoxy groups -OCH3 is 2. The highest BCUT2D eigenvalue weighted by molar-refractivity contribution is 9.13. The molecule has 0 aliphatic heterocycles. The third-order valence-electron chi connectivity index (χ3n) is 2.79. The molecule has 0 unspecified atom stereocenters. The molecular weight excluding hydrogens is 422 g/mol. The molecule has 2 rings (SSSR count). The Balaban J connectivity index is 2.11. The summed E-state index contributed by atoms with van der Waals surface area (Å²) in [6.45, 7) is 0.367. The van der Waals surface area contributed by atoms with E-state index in [0.717, 1.165) is 13.8 Å². The van der Waals surface area contributed by atoms with Gasteiger partial charge in [-0.1, -0.05) is 12.1 Å². The molecule has 21 heavy (non-hydrogen) atoms. The van der Waals surface area contributed by atoms with Crippen LogP contribution >= 0.6 is 43.2 Å². The molecule has 0 atom stereocenters. The summed E-state index contributed by atoms with van der Waals surface area (Å²) in [6, 6.07) is 7.35. The van der Waals surface area contributed by atoms with Crippen molar-refractivity contribution in [3.8, 4) is 11.5 Å². The summed E-state index contributed by atoms with van der Waals surface area (Å²) in [5.41, 5.74) is 0.861. The lowest BCUT2D eigenvalue weighted by atomic mass is 10.2. The number of hydrogen-bond donors (Lipinski definition) is 1. The van der Waals surface area contributed by atoms with Gasteiger partial charge in [0.2, 0.25) is 0 Å². The van der Waals surface area contributed by atoms with Crippen LogP contribution < -0.4 is 14.8 Å². The Labute approximate surface area is 143 Å². The van der Waals surface area contributed by atoms with E-state index < -0.39 is 0 Å². The molecule has 0 saturated carbocycles. The van der Waals surface area contributed by atoms with Crippen LogP contribution in [0.2, 0.25) is 0 Å². The number of rotatable bonds is 5. The first kappa shape index (κ1) is 16.3. The molecule has 1 heterocycles. The molecular formula is C14H13Br2NO3S. The molecule has 0 saturated heterocycles. The van der Waals surface area contributed by atoms with E-state index >= 15 is 0 Å². The quantitative estimate of drug-likeness (QED) is 0.766. The van der Waals surface area contributed by atoms with Crippen LogP contribution in [0.25, 0.3) is 0 Å². The third-order valence-corrected chi connectivity index (χ3v) is 6.05. The second kappa shape index (κ2) is 7.29. The van der Waals surface area contributed by atoms with Gasteiger partial charge >= 0.3 is 0 Å². The molecule has 112 valence electrons. The van der Waals surface area contributed by atoms with Crippen LogP contribution in [-0.4, -0.2) is 20.1 Å². The monoisotopic (exact) mass is 433 g/mol.